The van der Waals surface area contributed by atoms with E-state index in [1.165, 1.54) is 49.6 Å². The average Bonchev–Trinajstić information content (AvgIpc) is 3.04. The zero-order valence-electron chi connectivity index (χ0n) is 15.8. The van der Waals surface area contributed by atoms with E-state index in [0.717, 1.165) is 9.18 Å². The number of thiophene rings is 1. The molecular weight excluding hydrogens is 422 g/mol. The highest BCUT2D eigenvalue weighted by atomic mass is 35.5. The summed E-state index contributed by atoms with van der Waals surface area (Å²) < 4.78 is 27.1. The van der Waals surface area contributed by atoms with Crippen molar-refractivity contribution in [1.82, 2.24) is 9.21 Å². The third-order valence-corrected chi connectivity index (χ3v) is 6.98. The molecule has 0 saturated heterocycles. The molecule has 1 heterocycles. The van der Waals surface area contributed by atoms with Crippen LogP contribution in [0.3, 0.4) is 0 Å². The largest absolute Gasteiger partial charge is 0.337 e. The summed E-state index contributed by atoms with van der Waals surface area (Å²) in [6.07, 6.45) is 0. The van der Waals surface area contributed by atoms with Crippen molar-refractivity contribution in [2.75, 3.05) is 25.5 Å². The Balaban J connectivity index is 2.07. The zero-order valence-corrected chi connectivity index (χ0v) is 18.2. The van der Waals surface area contributed by atoms with Crippen molar-refractivity contribution in [2.45, 2.75) is 25.3 Å². The van der Waals surface area contributed by atoms with Crippen molar-refractivity contribution in [3.63, 3.8) is 0 Å². The number of carbonyl (C=O) groups excluding carboxylic acids is 2. The minimum Gasteiger partial charge on any atom is -0.337 e. The van der Waals surface area contributed by atoms with E-state index in [1.54, 1.807) is 11.0 Å². The summed E-state index contributed by atoms with van der Waals surface area (Å²) in [5.74, 6) is -0.544. The number of hydrogen-bond acceptors (Lipinski definition) is 5. The quantitative estimate of drug-likeness (QED) is 0.679. The van der Waals surface area contributed by atoms with Crippen LogP contribution in [-0.4, -0.2) is 49.6 Å². The molecule has 0 fully saturated rings. The van der Waals surface area contributed by atoms with E-state index < -0.39 is 10.0 Å². The fraction of sp³-hybridized carbons (Fsp3) is 0.333. The van der Waals surface area contributed by atoms with Gasteiger partial charge in [0.1, 0.15) is 0 Å². The third-order valence-electron chi connectivity index (χ3n) is 3.95. The predicted molar refractivity (Wildman–Crippen MR) is 111 cm³/mol. The number of rotatable bonds is 8. The molecule has 0 unspecified atom stereocenters. The van der Waals surface area contributed by atoms with Crippen LogP contribution in [0.1, 0.15) is 18.7 Å². The molecule has 0 bridgehead atoms. The molecule has 0 aliphatic heterocycles. The number of nitrogens with one attached hydrogen (secondary N) is 1. The number of carbonyl (C=O) groups is 2. The number of likely N-dealkylation sites (N-methyl/N-ethyl adjacent to an activating group) is 2. The lowest BCUT2D eigenvalue weighted by molar-refractivity contribution is -0.131. The van der Waals surface area contributed by atoms with Crippen LogP contribution >= 0.6 is 22.9 Å². The van der Waals surface area contributed by atoms with Crippen molar-refractivity contribution < 1.29 is 18.0 Å². The van der Waals surface area contributed by atoms with Gasteiger partial charge < -0.3 is 10.2 Å². The first kappa shape index (κ1) is 22.4. The van der Waals surface area contributed by atoms with E-state index in [4.69, 9.17) is 11.6 Å². The zero-order chi connectivity index (χ0) is 20.9. The standard InChI is InChI=1S/C18H22ClN3O4S2/c1-4-22(11-15-7-10-17(19)27-15)18(24)12-21(3)28(25,26)16-8-5-14(6-9-16)20-13(2)23/h5-10H,4,11-12H2,1-3H3,(H,20,23). The Bertz CT molecular complexity index is 942. The third kappa shape index (κ3) is 5.78. The topological polar surface area (TPSA) is 86.8 Å². The molecular formula is C18H22ClN3O4S2. The van der Waals surface area contributed by atoms with Crippen LogP contribution in [0.2, 0.25) is 4.34 Å². The van der Waals surface area contributed by atoms with Crippen LogP contribution in [0.5, 0.6) is 0 Å². The molecule has 10 heteroatoms. The number of benzene rings is 1. The van der Waals surface area contributed by atoms with Gasteiger partial charge in [-0.2, -0.15) is 4.31 Å². The van der Waals surface area contributed by atoms with E-state index in [2.05, 4.69) is 5.32 Å². The van der Waals surface area contributed by atoms with Gasteiger partial charge in [0, 0.05) is 31.1 Å². The van der Waals surface area contributed by atoms with Crippen LogP contribution in [0.15, 0.2) is 41.3 Å². The maximum Gasteiger partial charge on any atom is 0.243 e. The van der Waals surface area contributed by atoms with Crippen LogP contribution < -0.4 is 5.32 Å². The molecule has 1 aromatic heterocycles. The molecule has 2 rings (SSSR count). The second-order valence-corrected chi connectivity index (χ2v) is 9.92. The van der Waals surface area contributed by atoms with Gasteiger partial charge in [0.2, 0.25) is 21.8 Å². The Morgan fingerprint density at radius 2 is 1.79 bits per heavy atom. The molecule has 0 aliphatic carbocycles. The molecule has 0 atom stereocenters. The van der Waals surface area contributed by atoms with Gasteiger partial charge in [-0.1, -0.05) is 11.6 Å². The summed E-state index contributed by atoms with van der Waals surface area (Å²) in [7, 11) is -2.47. The molecule has 28 heavy (non-hydrogen) atoms. The molecule has 2 amide bonds. The van der Waals surface area contributed by atoms with Gasteiger partial charge in [0.05, 0.1) is 22.3 Å². The first-order chi connectivity index (χ1) is 13.1. The lowest BCUT2D eigenvalue weighted by Gasteiger charge is -2.24. The van der Waals surface area contributed by atoms with Gasteiger partial charge in [-0.3, -0.25) is 9.59 Å². The van der Waals surface area contributed by atoms with Crippen LogP contribution in [0.25, 0.3) is 0 Å². The number of hydrogen-bond donors (Lipinski definition) is 1. The van der Waals surface area contributed by atoms with Gasteiger partial charge in [-0.25, -0.2) is 8.42 Å². The number of sulfonamides is 1. The minimum atomic E-state index is -3.84. The molecule has 152 valence electrons. The van der Waals surface area contributed by atoms with Crippen LogP contribution in [0.4, 0.5) is 5.69 Å². The molecule has 0 radical (unpaired) electrons. The molecule has 0 spiro atoms. The van der Waals surface area contributed by atoms with Crippen molar-refractivity contribution in [3.05, 3.63) is 45.6 Å². The lowest BCUT2D eigenvalue weighted by atomic mass is 10.3. The Morgan fingerprint density at radius 1 is 1.14 bits per heavy atom. The molecule has 1 N–H and O–H groups in total. The summed E-state index contributed by atoms with van der Waals surface area (Å²) in [6.45, 7) is 3.76. The highest BCUT2D eigenvalue weighted by Crippen LogP contribution is 2.23. The van der Waals surface area contributed by atoms with E-state index >= 15 is 0 Å². The Morgan fingerprint density at radius 3 is 2.29 bits per heavy atom. The van der Waals surface area contributed by atoms with Crippen molar-refractivity contribution in [1.29, 1.82) is 0 Å². The molecule has 2 aromatic rings. The fourth-order valence-corrected chi connectivity index (χ4v) is 4.69. The molecule has 0 saturated carbocycles. The highest BCUT2D eigenvalue weighted by Gasteiger charge is 2.25. The number of amides is 2. The summed E-state index contributed by atoms with van der Waals surface area (Å²) in [5.41, 5.74) is 0.497. The van der Waals surface area contributed by atoms with Crippen LogP contribution in [0, 0.1) is 0 Å². The average molecular weight is 444 g/mol. The Labute approximate surface area is 174 Å². The molecule has 7 nitrogen and oxygen atoms in total. The molecule has 0 aliphatic rings. The second-order valence-electron chi connectivity index (χ2n) is 6.08. The molecule has 1 aromatic carbocycles. The van der Waals surface area contributed by atoms with E-state index in [1.807, 2.05) is 13.0 Å². The fourth-order valence-electron chi connectivity index (χ4n) is 2.47. The number of nitrogens with zero attached hydrogens (tertiary/aromatic N) is 2. The van der Waals surface area contributed by atoms with E-state index in [-0.39, 0.29) is 23.3 Å². The Kier molecular flexibility index (Phi) is 7.59. The highest BCUT2D eigenvalue weighted by molar-refractivity contribution is 7.89. The maximum absolute atomic E-state index is 12.7. The summed E-state index contributed by atoms with van der Waals surface area (Å²) >= 11 is 7.31. The van der Waals surface area contributed by atoms with Crippen molar-refractivity contribution >= 4 is 50.5 Å². The van der Waals surface area contributed by atoms with Crippen LogP contribution in [-0.2, 0) is 26.2 Å². The summed E-state index contributed by atoms with van der Waals surface area (Å²) in [5, 5.41) is 2.58. The van der Waals surface area contributed by atoms with Gasteiger partial charge in [-0.15, -0.1) is 11.3 Å². The first-order valence-corrected chi connectivity index (χ1v) is 11.1. The van der Waals surface area contributed by atoms with E-state index in [9.17, 15) is 18.0 Å². The van der Waals surface area contributed by atoms with Gasteiger partial charge >= 0.3 is 0 Å². The normalized spacial score (nSPS) is 11.5. The Hall–Kier alpha value is -1.94. The van der Waals surface area contributed by atoms with Crippen molar-refractivity contribution in [2.24, 2.45) is 0 Å². The van der Waals surface area contributed by atoms with Gasteiger partial charge in [-0.05, 0) is 43.3 Å². The predicted octanol–water partition coefficient (Wildman–Crippen LogP) is 3.03. The number of halogens is 1. The second kappa shape index (κ2) is 9.51. The monoisotopic (exact) mass is 443 g/mol. The first-order valence-electron chi connectivity index (χ1n) is 8.49. The van der Waals surface area contributed by atoms with Gasteiger partial charge in [0.25, 0.3) is 0 Å². The lowest BCUT2D eigenvalue weighted by Crippen LogP contribution is -2.40. The smallest absolute Gasteiger partial charge is 0.243 e. The SMILES string of the molecule is CCN(Cc1ccc(Cl)s1)C(=O)CN(C)S(=O)(=O)c1ccc(NC(C)=O)cc1. The number of anilines is 1. The van der Waals surface area contributed by atoms with Gasteiger partial charge in [0.15, 0.2) is 0 Å². The summed E-state index contributed by atoms with van der Waals surface area (Å²) in [6, 6.07) is 9.41. The minimum absolute atomic E-state index is 0.0463. The summed E-state index contributed by atoms with van der Waals surface area (Å²) in [4.78, 5) is 26.2. The van der Waals surface area contributed by atoms with Crippen molar-refractivity contribution in [3.8, 4) is 0 Å². The maximum atomic E-state index is 12.7. The van der Waals surface area contributed by atoms with E-state index in [0.29, 0.717) is 23.1 Å².